The van der Waals surface area contributed by atoms with Gasteiger partial charge in [-0.3, -0.25) is 4.90 Å². The quantitative estimate of drug-likeness (QED) is 0.923. The molecule has 0 unspecified atom stereocenters. The lowest BCUT2D eigenvalue weighted by Crippen LogP contribution is -2.49. The van der Waals surface area contributed by atoms with Crippen LogP contribution in [0.25, 0.3) is 0 Å². The number of alkyl carbamates (subject to hydrolysis) is 1. The first-order valence-electron chi connectivity index (χ1n) is 7.62. The standard InChI is InChI=1S/C16H26N2O2S/c1-12(14-8-6-10-21-14)18-9-5-7-13(11-18)17-15(19)20-16(2,3)4/h6,8,10,12-13H,5,7,9,11H2,1-4H3,(H,17,19)/t12-,13-/m1/s1. The van der Waals surface area contributed by atoms with Gasteiger partial charge in [0.2, 0.25) is 0 Å². The number of rotatable bonds is 3. The van der Waals surface area contributed by atoms with E-state index in [1.807, 2.05) is 20.8 Å². The minimum Gasteiger partial charge on any atom is -0.444 e. The molecule has 1 N–H and O–H groups in total. The Morgan fingerprint density at radius 2 is 2.29 bits per heavy atom. The summed E-state index contributed by atoms with van der Waals surface area (Å²) >= 11 is 1.79. The van der Waals surface area contributed by atoms with E-state index >= 15 is 0 Å². The Labute approximate surface area is 131 Å². The molecule has 0 saturated carbocycles. The van der Waals surface area contributed by atoms with Crippen LogP contribution < -0.4 is 5.32 Å². The number of nitrogens with zero attached hydrogens (tertiary/aromatic N) is 1. The molecule has 21 heavy (non-hydrogen) atoms. The molecule has 5 heteroatoms. The lowest BCUT2D eigenvalue weighted by atomic mass is 10.0. The van der Waals surface area contributed by atoms with E-state index in [1.165, 1.54) is 4.88 Å². The number of carbonyl (C=O) groups is 1. The van der Waals surface area contributed by atoms with Crippen LogP contribution in [0, 0.1) is 0 Å². The van der Waals surface area contributed by atoms with Crippen LogP contribution in [0.3, 0.4) is 0 Å². The van der Waals surface area contributed by atoms with Gasteiger partial charge in [-0.15, -0.1) is 11.3 Å². The van der Waals surface area contributed by atoms with E-state index in [1.54, 1.807) is 11.3 Å². The normalized spacial score (nSPS) is 21.8. The highest BCUT2D eigenvalue weighted by Crippen LogP contribution is 2.27. The molecule has 1 aliphatic rings. The molecule has 2 atom stereocenters. The van der Waals surface area contributed by atoms with Gasteiger partial charge in [-0.05, 0) is 58.5 Å². The molecule has 0 aromatic carbocycles. The van der Waals surface area contributed by atoms with Crippen molar-refractivity contribution in [2.45, 2.75) is 58.2 Å². The van der Waals surface area contributed by atoms with Gasteiger partial charge in [-0.1, -0.05) is 6.07 Å². The first-order chi connectivity index (χ1) is 9.85. The highest BCUT2D eigenvalue weighted by atomic mass is 32.1. The molecule has 2 heterocycles. The summed E-state index contributed by atoms with van der Waals surface area (Å²) in [5, 5.41) is 5.12. The molecule has 118 valence electrons. The minimum absolute atomic E-state index is 0.177. The Balaban J connectivity index is 1.87. The zero-order chi connectivity index (χ0) is 15.5. The van der Waals surface area contributed by atoms with E-state index in [0.717, 1.165) is 25.9 Å². The predicted octanol–water partition coefficient (Wildman–Crippen LogP) is 3.80. The average molecular weight is 310 g/mol. The molecular weight excluding hydrogens is 284 g/mol. The van der Waals surface area contributed by atoms with Gasteiger partial charge in [-0.2, -0.15) is 0 Å². The van der Waals surface area contributed by atoms with E-state index in [-0.39, 0.29) is 12.1 Å². The van der Waals surface area contributed by atoms with Gasteiger partial charge in [-0.25, -0.2) is 4.79 Å². The van der Waals surface area contributed by atoms with Crippen molar-refractivity contribution in [3.63, 3.8) is 0 Å². The van der Waals surface area contributed by atoms with Gasteiger partial charge >= 0.3 is 6.09 Å². The minimum atomic E-state index is -0.442. The van der Waals surface area contributed by atoms with Crippen molar-refractivity contribution < 1.29 is 9.53 Å². The number of amides is 1. The van der Waals surface area contributed by atoms with E-state index in [0.29, 0.717) is 6.04 Å². The van der Waals surface area contributed by atoms with Crippen molar-refractivity contribution in [3.8, 4) is 0 Å². The third kappa shape index (κ3) is 5.00. The van der Waals surface area contributed by atoms with Crippen molar-refractivity contribution in [1.29, 1.82) is 0 Å². The zero-order valence-electron chi connectivity index (χ0n) is 13.4. The lowest BCUT2D eigenvalue weighted by molar-refractivity contribution is 0.0459. The van der Waals surface area contributed by atoms with E-state index in [9.17, 15) is 4.79 Å². The summed E-state index contributed by atoms with van der Waals surface area (Å²) in [6.45, 7) is 9.88. The number of carbonyl (C=O) groups excluding carboxylic acids is 1. The zero-order valence-corrected chi connectivity index (χ0v) is 14.2. The number of hydrogen-bond donors (Lipinski definition) is 1. The second-order valence-corrected chi connectivity index (χ2v) is 7.65. The van der Waals surface area contributed by atoms with Gasteiger partial charge in [0, 0.05) is 23.5 Å². The van der Waals surface area contributed by atoms with E-state index in [2.05, 4.69) is 34.7 Å². The van der Waals surface area contributed by atoms with Crippen LogP contribution in [-0.2, 0) is 4.74 Å². The van der Waals surface area contributed by atoms with Crippen LogP contribution in [0.2, 0.25) is 0 Å². The topological polar surface area (TPSA) is 41.6 Å². The number of thiophene rings is 1. The maximum Gasteiger partial charge on any atom is 0.407 e. The molecule has 1 aliphatic heterocycles. The Kier molecular flexibility index (Phi) is 5.27. The molecule has 1 aromatic rings. The highest BCUT2D eigenvalue weighted by molar-refractivity contribution is 7.10. The Morgan fingerprint density at radius 3 is 2.90 bits per heavy atom. The van der Waals surface area contributed by atoms with Crippen molar-refractivity contribution in [3.05, 3.63) is 22.4 Å². The number of ether oxygens (including phenoxy) is 1. The summed E-state index contributed by atoms with van der Waals surface area (Å²) in [6, 6.07) is 4.86. The van der Waals surface area contributed by atoms with Gasteiger partial charge < -0.3 is 10.1 Å². The van der Waals surface area contributed by atoms with Gasteiger partial charge in [0.1, 0.15) is 5.60 Å². The average Bonchev–Trinajstić information content (AvgIpc) is 2.89. The van der Waals surface area contributed by atoms with Crippen LogP contribution in [-0.4, -0.2) is 35.7 Å². The highest BCUT2D eigenvalue weighted by Gasteiger charge is 2.27. The fourth-order valence-electron chi connectivity index (χ4n) is 2.66. The lowest BCUT2D eigenvalue weighted by Gasteiger charge is -2.36. The maximum atomic E-state index is 11.9. The smallest absolute Gasteiger partial charge is 0.407 e. The summed E-state index contributed by atoms with van der Waals surface area (Å²) in [4.78, 5) is 15.7. The number of nitrogens with one attached hydrogen (secondary N) is 1. The fraction of sp³-hybridized carbons (Fsp3) is 0.688. The molecule has 0 radical (unpaired) electrons. The van der Waals surface area contributed by atoms with E-state index in [4.69, 9.17) is 4.74 Å². The molecule has 4 nitrogen and oxygen atoms in total. The summed E-state index contributed by atoms with van der Waals surface area (Å²) in [6.07, 6.45) is 1.82. The third-order valence-electron chi connectivity index (χ3n) is 3.68. The van der Waals surface area contributed by atoms with Crippen LogP contribution in [0.4, 0.5) is 4.79 Å². The summed E-state index contributed by atoms with van der Waals surface area (Å²) in [5.41, 5.74) is -0.442. The molecular formula is C16H26N2O2S. The molecule has 1 fully saturated rings. The number of hydrogen-bond acceptors (Lipinski definition) is 4. The Bertz CT molecular complexity index is 453. The third-order valence-corrected chi connectivity index (χ3v) is 4.72. The van der Waals surface area contributed by atoms with Crippen LogP contribution in [0.15, 0.2) is 17.5 Å². The molecule has 1 amide bonds. The fourth-order valence-corrected chi connectivity index (χ4v) is 3.48. The first-order valence-corrected chi connectivity index (χ1v) is 8.50. The first kappa shape index (κ1) is 16.3. The summed E-state index contributed by atoms with van der Waals surface area (Å²) in [5.74, 6) is 0. The monoisotopic (exact) mass is 310 g/mol. The van der Waals surface area contributed by atoms with Crippen LogP contribution in [0.5, 0.6) is 0 Å². The second kappa shape index (κ2) is 6.79. The molecule has 0 bridgehead atoms. The predicted molar refractivity (Wildman–Crippen MR) is 86.7 cm³/mol. The molecule has 0 aliphatic carbocycles. The Morgan fingerprint density at radius 1 is 1.52 bits per heavy atom. The van der Waals surface area contributed by atoms with Crippen molar-refractivity contribution in [1.82, 2.24) is 10.2 Å². The van der Waals surface area contributed by atoms with Gasteiger partial charge in [0.25, 0.3) is 0 Å². The summed E-state index contributed by atoms with van der Waals surface area (Å²) < 4.78 is 5.34. The number of likely N-dealkylation sites (tertiary alicyclic amines) is 1. The molecule has 2 rings (SSSR count). The summed E-state index contributed by atoms with van der Waals surface area (Å²) in [7, 11) is 0. The van der Waals surface area contributed by atoms with Gasteiger partial charge in [0.05, 0.1) is 0 Å². The van der Waals surface area contributed by atoms with Crippen molar-refractivity contribution >= 4 is 17.4 Å². The maximum absolute atomic E-state index is 11.9. The Hall–Kier alpha value is -1.07. The number of piperidine rings is 1. The molecule has 1 saturated heterocycles. The van der Waals surface area contributed by atoms with Gasteiger partial charge in [0.15, 0.2) is 0 Å². The van der Waals surface area contributed by atoms with E-state index < -0.39 is 5.60 Å². The van der Waals surface area contributed by atoms with Crippen LogP contribution in [0.1, 0.15) is 51.5 Å². The van der Waals surface area contributed by atoms with Crippen molar-refractivity contribution in [2.24, 2.45) is 0 Å². The second-order valence-electron chi connectivity index (χ2n) is 6.67. The molecule has 0 spiro atoms. The molecule has 1 aromatic heterocycles. The van der Waals surface area contributed by atoms with Crippen LogP contribution >= 0.6 is 11.3 Å². The largest absolute Gasteiger partial charge is 0.444 e. The SMILES string of the molecule is C[C@H](c1cccs1)N1CCC[C@@H](NC(=O)OC(C)(C)C)C1. The van der Waals surface area contributed by atoms with Crippen molar-refractivity contribution in [2.75, 3.05) is 13.1 Å².